The van der Waals surface area contributed by atoms with Gasteiger partial charge in [-0.1, -0.05) is 0 Å². The summed E-state index contributed by atoms with van der Waals surface area (Å²) in [6, 6.07) is 4.54. The minimum absolute atomic E-state index is 0.0600. The molecule has 0 fully saturated rings. The normalized spacial score (nSPS) is 10.4. The van der Waals surface area contributed by atoms with Crippen LogP contribution in [0.4, 0.5) is 8.78 Å². The second-order valence-corrected chi connectivity index (χ2v) is 3.25. The van der Waals surface area contributed by atoms with Crippen LogP contribution in [0.15, 0.2) is 36.7 Å². The Bertz CT molecular complexity index is 509. The zero-order chi connectivity index (χ0) is 11.5. The highest BCUT2D eigenvalue weighted by atomic mass is 19.1. The number of hydrogen-bond acceptors (Lipinski definition) is 2. The van der Waals surface area contributed by atoms with Gasteiger partial charge in [-0.2, -0.15) is 5.10 Å². The molecule has 1 aromatic heterocycles. The maximum Gasteiger partial charge on any atom is 0.187 e. The van der Waals surface area contributed by atoms with E-state index in [4.69, 9.17) is 0 Å². The number of halogens is 2. The zero-order valence-electron chi connectivity index (χ0n) is 8.23. The fourth-order valence-electron chi connectivity index (χ4n) is 1.34. The van der Waals surface area contributed by atoms with Gasteiger partial charge in [-0.05, 0) is 18.2 Å². The maximum absolute atomic E-state index is 13.2. The zero-order valence-corrected chi connectivity index (χ0v) is 8.23. The highest BCUT2D eigenvalue weighted by Crippen LogP contribution is 2.10. The molecule has 0 radical (unpaired) electrons. The number of Topliss-reactive ketones (excluding diaryl/α,β-unsaturated/α-hetero) is 1. The Balaban J connectivity index is 2.21. The summed E-state index contributed by atoms with van der Waals surface area (Å²) in [6.07, 6.45) is 3.12. The SMILES string of the molecule is O=C(Cn1cccn1)c1ccc(F)cc1F. The Hall–Kier alpha value is -2.04. The molecule has 0 amide bonds. The summed E-state index contributed by atoms with van der Waals surface area (Å²) in [6.45, 7) is -0.0600. The van der Waals surface area contributed by atoms with Crippen LogP contribution in [0.2, 0.25) is 0 Å². The van der Waals surface area contributed by atoms with Gasteiger partial charge in [0.05, 0.1) is 5.56 Å². The van der Waals surface area contributed by atoms with E-state index in [9.17, 15) is 13.6 Å². The molecule has 0 spiro atoms. The molecule has 0 saturated heterocycles. The fourth-order valence-corrected chi connectivity index (χ4v) is 1.34. The van der Waals surface area contributed by atoms with Crippen LogP contribution in [-0.4, -0.2) is 15.6 Å². The van der Waals surface area contributed by atoms with Gasteiger partial charge >= 0.3 is 0 Å². The van der Waals surface area contributed by atoms with Crippen LogP contribution in [0.5, 0.6) is 0 Å². The molecule has 5 heteroatoms. The molecule has 2 rings (SSSR count). The monoisotopic (exact) mass is 222 g/mol. The molecule has 0 aliphatic rings. The van der Waals surface area contributed by atoms with Crippen LogP contribution in [-0.2, 0) is 6.54 Å². The van der Waals surface area contributed by atoms with E-state index >= 15 is 0 Å². The van der Waals surface area contributed by atoms with Crippen molar-refractivity contribution in [1.29, 1.82) is 0 Å². The van der Waals surface area contributed by atoms with E-state index in [1.807, 2.05) is 0 Å². The van der Waals surface area contributed by atoms with Gasteiger partial charge < -0.3 is 0 Å². The maximum atomic E-state index is 13.2. The van der Waals surface area contributed by atoms with Gasteiger partial charge in [0.15, 0.2) is 5.78 Å². The number of hydrogen-bond donors (Lipinski definition) is 0. The summed E-state index contributed by atoms with van der Waals surface area (Å²) in [5.74, 6) is -1.99. The standard InChI is InChI=1S/C11H8F2N2O/c12-8-2-3-9(10(13)6-8)11(16)7-15-5-1-4-14-15/h1-6H,7H2. The van der Waals surface area contributed by atoms with E-state index in [1.54, 1.807) is 12.3 Å². The van der Waals surface area contributed by atoms with Gasteiger partial charge in [0.1, 0.15) is 18.2 Å². The van der Waals surface area contributed by atoms with E-state index in [0.717, 1.165) is 12.1 Å². The van der Waals surface area contributed by atoms with Crippen molar-refractivity contribution in [1.82, 2.24) is 9.78 Å². The van der Waals surface area contributed by atoms with Gasteiger partial charge in [-0.25, -0.2) is 8.78 Å². The molecule has 0 aliphatic carbocycles. The number of carbonyl (C=O) groups is 1. The number of aromatic nitrogens is 2. The number of ketones is 1. The molecule has 2 aromatic rings. The predicted molar refractivity (Wildman–Crippen MR) is 52.9 cm³/mol. The topological polar surface area (TPSA) is 34.9 Å². The molecular weight excluding hydrogens is 214 g/mol. The lowest BCUT2D eigenvalue weighted by atomic mass is 10.1. The Kier molecular flexibility index (Phi) is 2.76. The lowest BCUT2D eigenvalue weighted by Gasteiger charge is -2.02. The van der Waals surface area contributed by atoms with Gasteiger partial charge in [0.25, 0.3) is 0 Å². The van der Waals surface area contributed by atoms with Crippen molar-refractivity contribution < 1.29 is 13.6 Å². The van der Waals surface area contributed by atoms with Crippen LogP contribution >= 0.6 is 0 Å². The van der Waals surface area contributed by atoms with Crippen molar-refractivity contribution in [3.8, 4) is 0 Å². The van der Waals surface area contributed by atoms with Gasteiger partial charge in [0.2, 0.25) is 0 Å². The minimum atomic E-state index is -0.850. The first-order valence-electron chi connectivity index (χ1n) is 4.62. The molecule has 0 bridgehead atoms. The van der Waals surface area contributed by atoms with Crippen molar-refractivity contribution >= 4 is 5.78 Å². The number of benzene rings is 1. The van der Waals surface area contributed by atoms with Gasteiger partial charge in [-0.3, -0.25) is 9.48 Å². The third-order valence-electron chi connectivity index (χ3n) is 2.10. The molecular formula is C11H8F2N2O. The van der Waals surface area contributed by atoms with Gasteiger partial charge in [-0.15, -0.1) is 0 Å². The predicted octanol–water partition coefficient (Wildman–Crippen LogP) is 2.04. The van der Waals surface area contributed by atoms with Crippen LogP contribution in [0, 0.1) is 11.6 Å². The highest BCUT2D eigenvalue weighted by molar-refractivity contribution is 5.96. The molecule has 1 heterocycles. The summed E-state index contributed by atoms with van der Waals surface area (Å²) in [7, 11) is 0. The largest absolute Gasteiger partial charge is 0.292 e. The van der Waals surface area contributed by atoms with E-state index in [2.05, 4.69) is 5.10 Å². The lowest BCUT2D eigenvalue weighted by Crippen LogP contribution is -2.12. The molecule has 0 aliphatic heterocycles. The molecule has 0 atom stereocenters. The smallest absolute Gasteiger partial charge is 0.187 e. The first kappa shape index (κ1) is 10.5. The molecule has 3 nitrogen and oxygen atoms in total. The van der Waals surface area contributed by atoms with Gasteiger partial charge in [0, 0.05) is 18.5 Å². The number of carbonyl (C=O) groups excluding carboxylic acids is 1. The summed E-state index contributed by atoms with van der Waals surface area (Å²) < 4.78 is 27.2. The third-order valence-corrected chi connectivity index (χ3v) is 2.10. The molecule has 0 unspecified atom stereocenters. The second-order valence-electron chi connectivity index (χ2n) is 3.25. The first-order valence-corrected chi connectivity index (χ1v) is 4.62. The quantitative estimate of drug-likeness (QED) is 0.745. The Labute approximate surface area is 90.3 Å². The molecule has 1 aromatic carbocycles. The highest BCUT2D eigenvalue weighted by Gasteiger charge is 2.12. The Morgan fingerprint density at radius 3 is 2.81 bits per heavy atom. The average molecular weight is 222 g/mol. The van der Waals surface area contributed by atoms with Crippen LogP contribution in [0.3, 0.4) is 0 Å². The lowest BCUT2D eigenvalue weighted by molar-refractivity contribution is 0.0963. The van der Waals surface area contributed by atoms with Crippen molar-refractivity contribution in [2.45, 2.75) is 6.54 Å². The van der Waals surface area contributed by atoms with Crippen molar-refractivity contribution in [3.05, 3.63) is 53.9 Å². The van der Waals surface area contributed by atoms with E-state index < -0.39 is 17.4 Å². The summed E-state index contributed by atoms with van der Waals surface area (Å²) in [5, 5.41) is 3.83. The van der Waals surface area contributed by atoms with Crippen LogP contribution in [0.25, 0.3) is 0 Å². The van der Waals surface area contributed by atoms with Crippen molar-refractivity contribution in [2.24, 2.45) is 0 Å². The molecule has 0 saturated carbocycles. The summed E-state index contributed by atoms with van der Waals surface area (Å²) in [4.78, 5) is 11.6. The molecule has 0 N–H and O–H groups in total. The Morgan fingerprint density at radius 2 is 2.19 bits per heavy atom. The number of nitrogens with zero attached hydrogens (tertiary/aromatic N) is 2. The van der Waals surface area contributed by atoms with Crippen molar-refractivity contribution in [3.63, 3.8) is 0 Å². The van der Waals surface area contributed by atoms with Crippen LogP contribution in [0.1, 0.15) is 10.4 Å². The molecule has 16 heavy (non-hydrogen) atoms. The fraction of sp³-hybridized carbons (Fsp3) is 0.0909. The van der Waals surface area contributed by atoms with Crippen LogP contribution < -0.4 is 0 Å². The summed E-state index contributed by atoms with van der Waals surface area (Å²) in [5.41, 5.74) is -0.128. The first-order chi connectivity index (χ1) is 7.66. The minimum Gasteiger partial charge on any atom is -0.292 e. The van der Waals surface area contributed by atoms with E-state index in [-0.39, 0.29) is 12.1 Å². The average Bonchev–Trinajstić information content (AvgIpc) is 2.70. The van der Waals surface area contributed by atoms with E-state index in [1.165, 1.54) is 10.9 Å². The second kappa shape index (κ2) is 4.22. The third kappa shape index (κ3) is 2.13. The van der Waals surface area contributed by atoms with E-state index in [0.29, 0.717) is 6.07 Å². The summed E-state index contributed by atoms with van der Waals surface area (Å²) >= 11 is 0. The Morgan fingerprint density at radius 1 is 1.38 bits per heavy atom. The van der Waals surface area contributed by atoms with Crippen molar-refractivity contribution in [2.75, 3.05) is 0 Å². The molecule has 82 valence electrons. The number of rotatable bonds is 3.